The van der Waals surface area contributed by atoms with Crippen molar-refractivity contribution in [3.8, 4) is 11.5 Å². The van der Waals surface area contributed by atoms with Gasteiger partial charge in [-0.2, -0.15) is 0 Å². The summed E-state index contributed by atoms with van der Waals surface area (Å²) in [5, 5.41) is 7.85. The van der Waals surface area contributed by atoms with Crippen LogP contribution in [0, 0.1) is 6.92 Å². The predicted molar refractivity (Wildman–Crippen MR) is 87.2 cm³/mol. The van der Waals surface area contributed by atoms with Crippen molar-refractivity contribution in [2.45, 2.75) is 19.6 Å². The van der Waals surface area contributed by atoms with E-state index in [1.807, 2.05) is 29.2 Å². The highest BCUT2D eigenvalue weighted by molar-refractivity contribution is 5.82. The second-order valence-electron chi connectivity index (χ2n) is 6.18. The van der Waals surface area contributed by atoms with Crippen LogP contribution in [0.5, 0.6) is 11.5 Å². The van der Waals surface area contributed by atoms with E-state index < -0.39 is 6.10 Å². The molecule has 1 amide bonds. The van der Waals surface area contributed by atoms with E-state index in [4.69, 9.17) is 13.9 Å². The van der Waals surface area contributed by atoms with Gasteiger partial charge in [-0.15, -0.1) is 10.2 Å². The van der Waals surface area contributed by atoms with Gasteiger partial charge in [0.1, 0.15) is 6.61 Å². The van der Waals surface area contributed by atoms with Gasteiger partial charge in [-0.1, -0.05) is 12.1 Å². The van der Waals surface area contributed by atoms with E-state index in [9.17, 15) is 4.79 Å². The summed E-state index contributed by atoms with van der Waals surface area (Å²) >= 11 is 0. The molecule has 0 radical (unpaired) electrons. The van der Waals surface area contributed by atoms with Crippen LogP contribution in [0.15, 0.2) is 28.7 Å². The van der Waals surface area contributed by atoms with E-state index in [0.717, 1.165) is 13.1 Å². The first-order valence-electron chi connectivity index (χ1n) is 8.37. The number of benzene rings is 1. The number of amides is 1. The zero-order chi connectivity index (χ0) is 17.2. The standard InChI is InChI=1S/C17H20N4O4/c1-12-18-19-16(24-12)10-20-6-8-21(9-7-20)17(22)15-11-23-13-4-2-3-5-14(13)25-15/h2-5,15H,6-11H2,1H3/t15-/m1/s1. The predicted octanol–water partition coefficient (Wildman–Crippen LogP) is 0.862. The molecule has 1 saturated heterocycles. The van der Waals surface area contributed by atoms with Crippen LogP contribution in [0.3, 0.4) is 0 Å². The molecule has 0 aliphatic carbocycles. The summed E-state index contributed by atoms with van der Waals surface area (Å²) in [5.74, 6) is 2.46. The second kappa shape index (κ2) is 6.72. The highest BCUT2D eigenvalue weighted by Crippen LogP contribution is 2.31. The Bertz CT molecular complexity index is 755. The lowest BCUT2D eigenvalue weighted by Crippen LogP contribution is -2.53. The molecular formula is C17H20N4O4. The molecule has 2 aliphatic rings. The number of carbonyl (C=O) groups is 1. The summed E-state index contributed by atoms with van der Waals surface area (Å²) in [6, 6.07) is 7.41. The molecule has 0 N–H and O–H groups in total. The van der Waals surface area contributed by atoms with E-state index in [2.05, 4.69) is 15.1 Å². The molecule has 8 nitrogen and oxygen atoms in total. The third kappa shape index (κ3) is 3.43. The van der Waals surface area contributed by atoms with Crippen molar-refractivity contribution >= 4 is 5.91 Å². The Morgan fingerprint density at radius 1 is 1.16 bits per heavy atom. The largest absolute Gasteiger partial charge is 0.485 e. The molecule has 4 rings (SSSR count). The van der Waals surface area contributed by atoms with Gasteiger partial charge in [0.25, 0.3) is 5.91 Å². The van der Waals surface area contributed by atoms with Crippen molar-refractivity contribution in [1.82, 2.24) is 20.0 Å². The average Bonchev–Trinajstić information content (AvgIpc) is 3.06. The molecule has 0 unspecified atom stereocenters. The number of nitrogens with zero attached hydrogens (tertiary/aromatic N) is 4. The normalized spacial score (nSPS) is 20.5. The number of para-hydroxylation sites is 2. The molecule has 0 bridgehead atoms. The lowest BCUT2D eigenvalue weighted by Gasteiger charge is -2.36. The molecule has 0 spiro atoms. The first kappa shape index (κ1) is 15.9. The Morgan fingerprint density at radius 3 is 2.64 bits per heavy atom. The topological polar surface area (TPSA) is 80.9 Å². The Labute approximate surface area is 145 Å². The Hall–Kier alpha value is -2.61. The van der Waals surface area contributed by atoms with Crippen LogP contribution in [-0.2, 0) is 11.3 Å². The Morgan fingerprint density at radius 2 is 1.92 bits per heavy atom. The molecule has 2 aliphatic heterocycles. The van der Waals surface area contributed by atoms with E-state index in [-0.39, 0.29) is 12.5 Å². The quantitative estimate of drug-likeness (QED) is 0.817. The lowest BCUT2D eigenvalue weighted by atomic mass is 10.2. The van der Waals surface area contributed by atoms with Gasteiger partial charge in [-0.25, -0.2) is 0 Å². The minimum Gasteiger partial charge on any atom is -0.485 e. The molecule has 25 heavy (non-hydrogen) atoms. The summed E-state index contributed by atoms with van der Waals surface area (Å²) in [4.78, 5) is 16.7. The zero-order valence-corrected chi connectivity index (χ0v) is 14.1. The molecular weight excluding hydrogens is 324 g/mol. The first-order valence-corrected chi connectivity index (χ1v) is 8.37. The number of aromatic nitrogens is 2. The number of rotatable bonds is 3. The maximum atomic E-state index is 12.7. The molecule has 8 heteroatoms. The van der Waals surface area contributed by atoms with E-state index in [1.165, 1.54) is 0 Å². The number of ether oxygens (including phenoxy) is 2. The molecule has 132 valence electrons. The lowest BCUT2D eigenvalue weighted by molar-refractivity contribution is -0.143. The summed E-state index contributed by atoms with van der Waals surface area (Å²) in [7, 11) is 0. The van der Waals surface area contributed by atoms with Crippen LogP contribution >= 0.6 is 0 Å². The summed E-state index contributed by atoms with van der Waals surface area (Å²) < 4.78 is 16.9. The molecule has 1 aromatic heterocycles. The van der Waals surface area contributed by atoms with Gasteiger partial charge in [-0.05, 0) is 12.1 Å². The minimum absolute atomic E-state index is 0.0252. The molecule has 3 heterocycles. The molecule has 1 aromatic carbocycles. The number of hydrogen-bond donors (Lipinski definition) is 0. The first-order chi connectivity index (χ1) is 12.2. The van der Waals surface area contributed by atoms with Crippen molar-refractivity contribution in [2.24, 2.45) is 0 Å². The monoisotopic (exact) mass is 344 g/mol. The van der Waals surface area contributed by atoms with Crippen molar-refractivity contribution in [1.29, 1.82) is 0 Å². The number of hydrogen-bond acceptors (Lipinski definition) is 7. The van der Waals surface area contributed by atoms with E-state index in [1.54, 1.807) is 6.92 Å². The summed E-state index contributed by atoms with van der Waals surface area (Å²) in [6.07, 6.45) is -0.583. The SMILES string of the molecule is Cc1nnc(CN2CCN(C(=O)[C@H]3COc4ccccc4O3)CC2)o1. The van der Waals surface area contributed by atoms with Crippen LogP contribution < -0.4 is 9.47 Å². The van der Waals surface area contributed by atoms with Crippen molar-refractivity contribution in [3.05, 3.63) is 36.0 Å². The van der Waals surface area contributed by atoms with Gasteiger partial charge in [0.05, 0.1) is 6.54 Å². The van der Waals surface area contributed by atoms with Crippen LogP contribution in [0.4, 0.5) is 0 Å². The second-order valence-corrected chi connectivity index (χ2v) is 6.18. The highest BCUT2D eigenvalue weighted by atomic mass is 16.6. The van der Waals surface area contributed by atoms with E-state index in [0.29, 0.717) is 42.9 Å². The van der Waals surface area contributed by atoms with E-state index >= 15 is 0 Å². The maximum Gasteiger partial charge on any atom is 0.267 e. The molecule has 1 fully saturated rings. The third-order valence-electron chi connectivity index (χ3n) is 4.39. The van der Waals surface area contributed by atoms with Gasteiger partial charge in [-0.3, -0.25) is 9.69 Å². The number of piperazine rings is 1. The van der Waals surface area contributed by atoms with Gasteiger partial charge >= 0.3 is 0 Å². The zero-order valence-electron chi connectivity index (χ0n) is 14.1. The molecule has 2 aromatic rings. The Balaban J connectivity index is 1.31. The van der Waals surface area contributed by atoms with Crippen molar-refractivity contribution in [2.75, 3.05) is 32.8 Å². The van der Waals surface area contributed by atoms with Crippen LogP contribution in [-0.4, -0.2) is 64.8 Å². The van der Waals surface area contributed by atoms with Gasteiger partial charge in [0, 0.05) is 33.1 Å². The van der Waals surface area contributed by atoms with Crippen LogP contribution in [0.1, 0.15) is 11.8 Å². The molecule has 0 saturated carbocycles. The Kier molecular flexibility index (Phi) is 4.27. The van der Waals surface area contributed by atoms with Crippen molar-refractivity contribution < 1.29 is 18.7 Å². The van der Waals surface area contributed by atoms with Crippen LogP contribution in [0.2, 0.25) is 0 Å². The number of carbonyl (C=O) groups excluding carboxylic acids is 1. The van der Waals surface area contributed by atoms with Gasteiger partial charge < -0.3 is 18.8 Å². The summed E-state index contributed by atoms with van der Waals surface area (Å²) in [6.45, 7) is 5.45. The fourth-order valence-corrected chi connectivity index (χ4v) is 3.06. The number of fused-ring (bicyclic) bond motifs is 1. The smallest absolute Gasteiger partial charge is 0.267 e. The average molecular weight is 344 g/mol. The van der Waals surface area contributed by atoms with Gasteiger partial charge in [0.15, 0.2) is 11.5 Å². The molecule has 1 atom stereocenters. The van der Waals surface area contributed by atoms with Crippen molar-refractivity contribution in [3.63, 3.8) is 0 Å². The van der Waals surface area contributed by atoms with Gasteiger partial charge in [0.2, 0.25) is 17.9 Å². The summed E-state index contributed by atoms with van der Waals surface area (Å²) in [5.41, 5.74) is 0. The van der Waals surface area contributed by atoms with Crippen LogP contribution in [0.25, 0.3) is 0 Å². The fourth-order valence-electron chi connectivity index (χ4n) is 3.06. The maximum absolute atomic E-state index is 12.7. The minimum atomic E-state index is -0.583. The highest BCUT2D eigenvalue weighted by Gasteiger charge is 2.32. The fraction of sp³-hybridized carbons (Fsp3) is 0.471. The third-order valence-corrected chi connectivity index (χ3v) is 4.39. The number of aryl methyl sites for hydroxylation is 1.